The number of fused-ring (bicyclic) bond motifs is 1. The number of ether oxygens (including phenoxy) is 1. The molecule has 0 saturated carbocycles. The van der Waals surface area contributed by atoms with Crippen LogP contribution in [0.5, 0.6) is 0 Å². The Morgan fingerprint density at radius 1 is 1.19 bits per heavy atom. The van der Waals surface area contributed by atoms with Crippen molar-refractivity contribution in [2.24, 2.45) is 0 Å². The Balaban J connectivity index is 1.74. The Hall–Kier alpha value is -2.75. The summed E-state index contributed by atoms with van der Waals surface area (Å²) in [6.45, 7) is 0. The van der Waals surface area contributed by atoms with Gasteiger partial charge in [-0.05, 0) is 42.5 Å². The fourth-order valence-electron chi connectivity index (χ4n) is 2.33. The van der Waals surface area contributed by atoms with E-state index in [0.717, 1.165) is 10.1 Å². The number of benzene rings is 2. The number of carbonyl (C=O) groups excluding carboxylic acids is 1. The summed E-state index contributed by atoms with van der Waals surface area (Å²) in [5.41, 5.74) is 1.32. The average molecular weight is 422 g/mol. The highest BCUT2D eigenvalue weighted by molar-refractivity contribution is 7.80. The third kappa shape index (κ3) is 4.16. The molecule has 3 rings (SSSR count). The van der Waals surface area contributed by atoms with E-state index in [1.54, 1.807) is 24.3 Å². The van der Waals surface area contributed by atoms with Crippen LogP contribution in [0.25, 0.3) is 10.1 Å². The number of anilines is 2. The number of nitro groups is 1. The third-order valence-electron chi connectivity index (χ3n) is 3.59. The number of non-ortho nitro benzene ring substituents is 1. The van der Waals surface area contributed by atoms with E-state index >= 15 is 0 Å². The number of halogens is 1. The normalized spacial score (nSPS) is 10.4. The molecule has 3 aromatic rings. The minimum absolute atomic E-state index is 0.000799. The van der Waals surface area contributed by atoms with E-state index < -0.39 is 10.9 Å². The van der Waals surface area contributed by atoms with Gasteiger partial charge in [0.1, 0.15) is 4.88 Å². The van der Waals surface area contributed by atoms with Gasteiger partial charge in [0.05, 0.1) is 17.1 Å². The first-order valence-electron chi connectivity index (χ1n) is 7.52. The summed E-state index contributed by atoms with van der Waals surface area (Å²) in [4.78, 5) is 22.3. The van der Waals surface area contributed by atoms with Crippen LogP contribution in [0.4, 0.5) is 17.1 Å². The van der Waals surface area contributed by atoms with Gasteiger partial charge in [-0.25, -0.2) is 4.79 Å². The van der Waals surface area contributed by atoms with E-state index in [0.29, 0.717) is 26.4 Å². The zero-order chi connectivity index (χ0) is 19.6. The summed E-state index contributed by atoms with van der Waals surface area (Å²) in [7, 11) is 1.30. The second-order valence-corrected chi connectivity index (χ2v) is 7.17. The van der Waals surface area contributed by atoms with Crippen molar-refractivity contribution in [1.29, 1.82) is 0 Å². The SMILES string of the molecule is COC(=O)c1sc2cc(NC(=S)Nc3ccc([N+](=O)[O-])cc3)ccc2c1Cl. The highest BCUT2D eigenvalue weighted by atomic mass is 35.5. The molecule has 2 N–H and O–H groups in total. The van der Waals surface area contributed by atoms with Crippen molar-refractivity contribution in [2.45, 2.75) is 0 Å². The molecule has 0 unspecified atom stereocenters. The topological polar surface area (TPSA) is 93.5 Å². The van der Waals surface area contributed by atoms with Crippen molar-refractivity contribution in [3.8, 4) is 0 Å². The fraction of sp³-hybridized carbons (Fsp3) is 0.0588. The maximum Gasteiger partial charge on any atom is 0.349 e. The lowest BCUT2D eigenvalue weighted by Gasteiger charge is -2.10. The molecule has 7 nitrogen and oxygen atoms in total. The van der Waals surface area contributed by atoms with Gasteiger partial charge in [-0.1, -0.05) is 11.6 Å². The third-order valence-corrected chi connectivity index (χ3v) is 5.44. The number of nitrogens with one attached hydrogen (secondary N) is 2. The Bertz CT molecular complexity index is 1050. The van der Waals surface area contributed by atoms with Gasteiger partial charge >= 0.3 is 5.97 Å². The number of nitro benzene ring substituents is 1. The molecule has 0 saturated heterocycles. The molecule has 1 heterocycles. The Kier molecular flexibility index (Phi) is 5.54. The predicted molar refractivity (Wildman–Crippen MR) is 111 cm³/mol. The lowest BCUT2D eigenvalue weighted by atomic mass is 10.2. The molecule has 0 aliphatic rings. The molecule has 0 aliphatic carbocycles. The lowest BCUT2D eigenvalue weighted by molar-refractivity contribution is -0.384. The highest BCUT2D eigenvalue weighted by Gasteiger charge is 2.17. The van der Waals surface area contributed by atoms with E-state index in [4.69, 9.17) is 28.6 Å². The summed E-state index contributed by atoms with van der Waals surface area (Å²) >= 11 is 12.7. The van der Waals surface area contributed by atoms with Gasteiger partial charge in [0.2, 0.25) is 0 Å². The van der Waals surface area contributed by atoms with Crippen molar-refractivity contribution in [3.05, 3.63) is 62.5 Å². The number of carbonyl (C=O) groups is 1. The minimum atomic E-state index is -0.480. The first kappa shape index (κ1) is 19.0. The molecule has 10 heteroatoms. The van der Waals surface area contributed by atoms with Crippen LogP contribution in [-0.4, -0.2) is 23.1 Å². The predicted octanol–water partition coefficient (Wildman–Crippen LogP) is 5.06. The second-order valence-electron chi connectivity index (χ2n) is 5.33. The summed E-state index contributed by atoms with van der Waals surface area (Å²) in [6.07, 6.45) is 0. The molecule has 27 heavy (non-hydrogen) atoms. The molecule has 0 aliphatic heterocycles. The van der Waals surface area contributed by atoms with Crippen LogP contribution in [0, 0.1) is 10.1 Å². The fourth-order valence-corrected chi connectivity index (χ4v) is 4.03. The summed E-state index contributed by atoms with van der Waals surface area (Å²) in [6, 6.07) is 11.3. The number of esters is 1. The lowest BCUT2D eigenvalue weighted by Crippen LogP contribution is -2.18. The van der Waals surface area contributed by atoms with Crippen molar-refractivity contribution < 1.29 is 14.5 Å². The number of thiocarbonyl (C=S) groups is 1. The van der Waals surface area contributed by atoms with Crippen molar-refractivity contribution in [3.63, 3.8) is 0 Å². The van der Waals surface area contributed by atoms with Gasteiger partial charge in [0.25, 0.3) is 5.69 Å². The van der Waals surface area contributed by atoms with Crippen LogP contribution in [0.2, 0.25) is 5.02 Å². The highest BCUT2D eigenvalue weighted by Crippen LogP contribution is 2.37. The maximum absolute atomic E-state index is 11.8. The molecule has 0 radical (unpaired) electrons. The van der Waals surface area contributed by atoms with E-state index in [2.05, 4.69) is 10.6 Å². The molecule has 138 valence electrons. The molecular formula is C17H12ClN3O4S2. The summed E-state index contributed by atoms with van der Waals surface area (Å²) in [5, 5.41) is 18.1. The van der Waals surface area contributed by atoms with Gasteiger partial charge in [0.15, 0.2) is 5.11 Å². The van der Waals surface area contributed by atoms with Crippen LogP contribution in [0.15, 0.2) is 42.5 Å². The zero-order valence-corrected chi connectivity index (χ0v) is 16.2. The molecule has 2 aromatic carbocycles. The molecule has 1 aromatic heterocycles. The number of hydrogen-bond acceptors (Lipinski definition) is 6. The Morgan fingerprint density at radius 2 is 1.81 bits per heavy atom. The van der Waals surface area contributed by atoms with Crippen molar-refractivity contribution in [2.75, 3.05) is 17.7 Å². The number of thiophene rings is 1. The van der Waals surface area contributed by atoms with Crippen molar-refractivity contribution in [1.82, 2.24) is 0 Å². The van der Waals surface area contributed by atoms with E-state index in [1.165, 1.54) is 30.6 Å². The molecule has 0 fully saturated rings. The summed E-state index contributed by atoms with van der Waals surface area (Å²) in [5.74, 6) is -0.480. The van der Waals surface area contributed by atoms with Crippen LogP contribution in [-0.2, 0) is 4.74 Å². The summed E-state index contributed by atoms with van der Waals surface area (Å²) < 4.78 is 5.54. The average Bonchev–Trinajstić information content (AvgIpc) is 2.97. The Morgan fingerprint density at radius 3 is 2.44 bits per heavy atom. The monoisotopic (exact) mass is 421 g/mol. The molecule has 0 spiro atoms. The first-order chi connectivity index (χ1) is 12.9. The van der Waals surface area contributed by atoms with Crippen LogP contribution in [0.3, 0.4) is 0 Å². The molecule has 0 bridgehead atoms. The van der Waals surface area contributed by atoms with Crippen LogP contribution in [0.1, 0.15) is 9.67 Å². The number of rotatable bonds is 4. The largest absolute Gasteiger partial charge is 0.465 e. The first-order valence-corrected chi connectivity index (χ1v) is 9.12. The zero-order valence-electron chi connectivity index (χ0n) is 13.8. The number of nitrogens with zero attached hydrogens (tertiary/aromatic N) is 1. The smallest absolute Gasteiger partial charge is 0.349 e. The standard InChI is InChI=1S/C17H12ClN3O4S2/c1-25-16(22)15-14(18)12-7-4-10(8-13(12)27-15)20-17(26)19-9-2-5-11(6-3-9)21(23)24/h2-8H,1H3,(H2,19,20,26). The van der Waals surface area contributed by atoms with Gasteiger partial charge in [-0.2, -0.15) is 0 Å². The molecular weight excluding hydrogens is 410 g/mol. The molecule has 0 amide bonds. The van der Waals surface area contributed by atoms with Crippen molar-refractivity contribution >= 4 is 73.4 Å². The number of hydrogen-bond donors (Lipinski definition) is 2. The maximum atomic E-state index is 11.8. The van der Waals surface area contributed by atoms with Gasteiger partial charge in [-0.3, -0.25) is 10.1 Å². The van der Waals surface area contributed by atoms with Crippen LogP contribution >= 0.6 is 35.2 Å². The van der Waals surface area contributed by atoms with Gasteiger partial charge in [-0.15, -0.1) is 11.3 Å². The minimum Gasteiger partial charge on any atom is -0.465 e. The van der Waals surface area contributed by atoms with E-state index in [-0.39, 0.29) is 5.69 Å². The molecule has 0 atom stereocenters. The van der Waals surface area contributed by atoms with Gasteiger partial charge in [0, 0.05) is 33.6 Å². The number of methoxy groups -OCH3 is 1. The second kappa shape index (κ2) is 7.87. The van der Waals surface area contributed by atoms with E-state index in [1.807, 2.05) is 6.07 Å². The van der Waals surface area contributed by atoms with E-state index in [9.17, 15) is 14.9 Å². The quantitative estimate of drug-likeness (QED) is 0.263. The van der Waals surface area contributed by atoms with Crippen LogP contribution < -0.4 is 10.6 Å². The van der Waals surface area contributed by atoms with Gasteiger partial charge < -0.3 is 15.4 Å². The Labute approximate surface area is 168 Å².